The Bertz CT molecular complexity index is 1150. The second kappa shape index (κ2) is 9.91. The van der Waals surface area contributed by atoms with Gasteiger partial charge in [-0.3, -0.25) is 4.79 Å². The van der Waals surface area contributed by atoms with Gasteiger partial charge in [0.25, 0.3) is 5.91 Å². The largest absolute Gasteiger partial charge is 0.457 e. The van der Waals surface area contributed by atoms with E-state index in [1.807, 2.05) is 30.3 Å². The number of nitrogens with two attached hydrogens (primary N) is 1. The molecule has 1 aromatic heterocycles. The van der Waals surface area contributed by atoms with Crippen molar-refractivity contribution in [2.75, 3.05) is 18.4 Å². The second-order valence-electron chi connectivity index (χ2n) is 7.67. The van der Waals surface area contributed by atoms with Crippen molar-refractivity contribution in [1.82, 2.24) is 9.88 Å². The van der Waals surface area contributed by atoms with Crippen LogP contribution in [0.4, 0.5) is 5.82 Å². The van der Waals surface area contributed by atoms with Crippen molar-refractivity contribution in [2.45, 2.75) is 12.5 Å². The van der Waals surface area contributed by atoms with Crippen molar-refractivity contribution in [3.05, 3.63) is 97.2 Å². The number of nitrogens with zero attached hydrogens (tertiary/aromatic N) is 2. The number of anilines is 1. The van der Waals surface area contributed by atoms with Crippen molar-refractivity contribution in [3.8, 4) is 23.1 Å². The fraction of sp³-hybridized carbons (Fsp3) is 0.154. The Morgan fingerprint density at radius 3 is 2.36 bits per heavy atom. The maximum atomic E-state index is 11.9. The van der Waals surface area contributed by atoms with Crippen molar-refractivity contribution < 1.29 is 14.3 Å². The second-order valence-corrected chi connectivity index (χ2v) is 7.67. The summed E-state index contributed by atoms with van der Waals surface area (Å²) in [5.41, 5.74) is 6.64. The van der Waals surface area contributed by atoms with Crippen LogP contribution >= 0.6 is 0 Å². The van der Waals surface area contributed by atoms with Gasteiger partial charge in [0.15, 0.2) is 0 Å². The first-order valence-electron chi connectivity index (χ1n) is 10.7. The number of amides is 1. The van der Waals surface area contributed by atoms with Crippen LogP contribution in [0, 0.1) is 0 Å². The van der Waals surface area contributed by atoms with Gasteiger partial charge in [-0.2, -0.15) is 4.98 Å². The Balaban J connectivity index is 1.46. The quantitative estimate of drug-likeness (QED) is 0.456. The molecule has 4 rings (SSSR count). The van der Waals surface area contributed by atoms with Gasteiger partial charge in [0.05, 0.1) is 0 Å². The van der Waals surface area contributed by atoms with Crippen molar-refractivity contribution in [1.29, 1.82) is 0 Å². The van der Waals surface area contributed by atoms with Crippen LogP contribution in [0.15, 0.2) is 91.7 Å². The molecule has 168 valence electrons. The highest BCUT2D eigenvalue weighted by Crippen LogP contribution is 2.29. The van der Waals surface area contributed by atoms with Gasteiger partial charge >= 0.3 is 0 Å². The summed E-state index contributed by atoms with van der Waals surface area (Å²) < 4.78 is 11.7. The number of benzene rings is 2. The number of para-hydroxylation sites is 1. The maximum Gasteiger partial charge on any atom is 0.254 e. The summed E-state index contributed by atoms with van der Waals surface area (Å²) in [6, 6.07) is 20.1. The number of hydrogen-bond donors (Lipinski definition) is 2. The molecule has 0 unspecified atom stereocenters. The standard InChI is InChI=1S/C26H26N4O3/c1-3-18(2)30-16-15-19(17-30)28-24-14-13-23(25(27)31)26(29-24)33-22-11-9-21(10-12-22)32-20-7-5-4-6-8-20/h3-14,19H,1-2,15-17H2,(H2,27,31)(H,28,29)/t19-/m0/s1. The Morgan fingerprint density at radius 2 is 1.70 bits per heavy atom. The van der Waals surface area contributed by atoms with Gasteiger partial charge in [-0.25, -0.2) is 0 Å². The van der Waals surface area contributed by atoms with E-state index in [1.165, 1.54) is 0 Å². The summed E-state index contributed by atoms with van der Waals surface area (Å²) in [5, 5.41) is 3.40. The van der Waals surface area contributed by atoms with E-state index in [0.717, 1.165) is 31.0 Å². The first-order chi connectivity index (χ1) is 16.0. The minimum Gasteiger partial charge on any atom is -0.457 e. The van der Waals surface area contributed by atoms with Crippen LogP contribution in [0.1, 0.15) is 16.8 Å². The maximum absolute atomic E-state index is 11.9. The minimum atomic E-state index is -0.609. The molecule has 2 heterocycles. The summed E-state index contributed by atoms with van der Waals surface area (Å²) in [7, 11) is 0. The first-order valence-corrected chi connectivity index (χ1v) is 10.7. The Labute approximate surface area is 193 Å². The number of pyridine rings is 1. The van der Waals surface area contributed by atoms with Gasteiger partial charge in [0.1, 0.15) is 28.6 Å². The lowest BCUT2D eigenvalue weighted by atomic mass is 10.2. The molecule has 1 aliphatic rings. The Morgan fingerprint density at radius 1 is 1.03 bits per heavy atom. The van der Waals surface area contributed by atoms with E-state index >= 15 is 0 Å². The average molecular weight is 443 g/mol. The molecule has 3 N–H and O–H groups in total. The number of carbonyl (C=O) groups is 1. The number of likely N-dealkylation sites (tertiary alicyclic amines) is 1. The lowest BCUT2D eigenvalue weighted by Gasteiger charge is -2.19. The third-order valence-electron chi connectivity index (χ3n) is 5.32. The Hall–Kier alpha value is -4.26. The summed E-state index contributed by atoms with van der Waals surface area (Å²) in [6.07, 6.45) is 2.69. The highest BCUT2D eigenvalue weighted by molar-refractivity contribution is 5.95. The molecule has 7 heteroatoms. The smallest absolute Gasteiger partial charge is 0.254 e. The van der Waals surface area contributed by atoms with E-state index in [-0.39, 0.29) is 17.5 Å². The molecule has 1 atom stereocenters. The minimum absolute atomic E-state index is 0.148. The number of aromatic nitrogens is 1. The van der Waals surface area contributed by atoms with Crippen molar-refractivity contribution in [2.24, 2.45) is 5.73 Å². The van der Waals surface area contributed by atoms with Crippen LogP contribution in [-0.4, -0.2) is 34.9 Å². The zero-order chi connectivity index (χ0) is 23.2. The number of primary amides is 1. The molecule has 1 fully saturated rings. The molecule has 1 aliphatic heterocycles. The van der Waals surface area contributed by atoms with Crippen LogP contribution in [0.3, 0.4) is 0 Å². The molecule has 0 saturated carbocycles. The molecule has 0 bridgehead atoms. The SMILES string of the molecule is C=CC(=C)N1CC[C@H](Nc2ccc(C(N)=O)c(Oc3ccc(Oc4ccccc4)cc3)n2)C1. The predicted octanol–water partition coefficient (Wildman–Crippen LogP) is 4.95. The van der Waals surface area contributed by atoms with Crippen LogP contribution in [0.2, 0.25) is 0 Å². The normalized spacial score (nSPS) is 15.0. The molecule has 0 aliphatic carbocycles. The third-order valence-corrected chi connectivity index (χ3v) is 5.32. The van der Waals surface area contributed by atoms with Crippen LogP contribution < -0.4 is 20.5 Å². The van der Waals surface area contributed by atoms with Gasteiger partial charge in [0, 0.05) is 24.8 Å². The van der Waals surface area contributed by atoms with E-state index in [4.69, 9.17) is 15.2 Å². The number of carbonyl (C=O) groups excluding carboxylic acids is 1. The number of ether oxygens (including phenoxy) is 2. The van der Waals surface area contributed by atoms with Gasteiger partial charge < -0.3 is 25.4 Å². The van der Waals surface area contributed by atoms with E-state index in [1.54, 1.807) is 42.5 Å². The lowest BCUT2D eigenvalue weighted by Crippen LogP contribution is -2.25. The predicted molar refractivity (Wildman–Crippen MR) is 129 cm³/mol. The molecule has 2 aromatic carbocycles. The van der Waals surface area contributed by atoms with Crippen molar-refractivity contribution in [3.63, 3.8) is 0 Å². The van der Waals surface area contributed by atoms with E-state index in [9.17, 15) is 4.79 Å². The number of nitrogens with one attached hydrogen (secondary N) is 1. The monoisotopic (exact) mass is 442 g/mol. The number of allylic oxidation sites excluding steroid dienone is 1. The van der Waals surface area contributed by atoms with Crippen molar-refractivity contribution >= 4 is 11.7 Å². The molecule has 1 saturated heterocycles. The summed E-state index contributed by atoms with van der Waals surface area (Å²) in [4.78, 5) is 18.6. The number of rotatable bonds is 9. The highest BCUT2D eigenvalue weighted by atomic mass is 16.5. The fourth-order valence-corrected chi connectivity index (χ4v) is 3.58. The third kappa shape index (κ3) is 5.51. The first kappa shape index (κ1) is 22.0. The van der Waals surface area contributed by atoms with Gasteiger partial charge in [-0.05, 0) is 61.0 Å². The fourth-order valence-electron chi connectivity index (χ4n) is 3.58. The topological polar surface area (TPSA) is 89.7 Å². The van der Waals surface area contributed by atoms with Gasteiger partial charge in [-0.15, -0.1) is 0 Å². The molecular weight excluding hydrogens is 416 g/mol. The molecule has 0 radical (unpaired) electrons. The van der Waals surface area contributed by atoms with Crippen LogP contribution in [0.5, 0.6) is 23.1 Å². The molecule has 33 heavy (non-hydrogen) atoms. The molecule has 0 spiro atoms. The van der Waals surface area contributed by atoms with Crippen LogP contribution in [-0.2, 0) is 0 Å². The molecule has 3 aromatic rings. The number of hydrogen-bond acceptors (Lipinski definition) is 6. The summed E-state index contributed by atoms with van der Waals surface area (Å²) >= 11 is 0. The van der Waals surface area contributed by atoms with Gasteiger partial charge in [0.2, 0.25) is 5.88 Å². The Kier molecular flexibility index (Phi) is 6.59. The highest BCUT2D eigenvalue weighted by Gasteiger charge is 2.23. The van der Waals surface area contributed by atoms with Crippen LogP contribution in [0.25, 0.3) is 0 Å². The zero-order valence-electron chi connectivity index (χ0n) is 18.2. The molecule has 7 nitrogen and oxygen atoms in total. The van der Waals surface area contributed by atoms with Gasteiger partial charge in [-0.1, -0.05) is 31.4 Å². The average Bonchev–Trinajstić information content (AvgIpc) is 3.29. The zero-order valence-corrected chi connectivity index (χ0v) is 18.2. The van der Waals surface area contributed by atoms with E-state index < -0.39 is 5.91 Å². The summed E-state index contributed by atoms with van der Waals surface area (Å²) in [5.74, 6) is 2.06. The molecule has 1 amide bonds. The van der Waals surface area contributed by atoms with E-state index in [0.29, 0.717) is 17.3 Å². The summed E-state index contributed by atoms with van der Waals surface area (Å²) in [6.45, 7) is 9.46. The molecular formula is C26H26N4O3. The van der Waals surface area contributed by atoms with E-state index in [2.05, 4.69) is 28.4 Å². The lowest BCUT2D eigenvalue weighted by molar-refractivity contribution is 0.0997.